The van der Waals surface area contributed by atoms with Crippen molar-refractivity contribution in [2.75, 3.05) is 36.3 Å². The van der Waals surface area contributed by atoms with Gasteiger partial charge in [-0.1, -0.05) is 32.0 Å². The van der Waals surface area contributed by atoms with Crippen LogP contribution < -0.4 is 9.62 Å². The summed E-state index contributed by atoms with van der Waals surface area (Å²) < 4.78 is 53.5. The zero-order valence-electron chi connectivity index (χ0n) is 19.9. The minimum Gasteiger partial charge on any atom is -0.378 e. The van der Waals surface area contributed by atoms with Crippen LogP contribution in [0.2, 0.25) is 0 Å². The molecule has 0 amide bonds. The van der Waals surface area contributed by atoms with Crippen LogP contribution >= 0.6 is 0 Å². The Morgan fingerprint density at radius 1 is 0.743 bits per heavy atom. The fraction of sp³-hybridized carbons (Fsp3) is 0.240. The van der Waals surface area contributed by atoms with Gasteiger partial charge in [-0.2, -0.15) is 4.31 Å². The number of ketones is 1. The van der Waals surface area contributed by atoms with Crippen molar-refractivity contribution in [1.82, 2.24) is 4.31 Å². The normalized spacial score (nSPS) is 11.9. The highest BCUT2D eigenvalue weighted by Crippen LogP contribution is 2.23. The molecule has 3 aromatic rings. The SMILES string of the molecule is CCN(CC)S(=O)(=O)c1ccc(C(=O)CNc2ccc(S(=O)(=O)N(C)c3ccccc3)cc2)cc1. The molecule has 8 nitrogen and oxygen atoms in total. The third-order valence-electron chi connectivity index (χ3n) is 5.61. The number of rotatable bonds is 11. The van der Waals surface area contributed by atoms with Gasteiger partial charge in [-0.15, -0.1) is 0 Å². The lowest BCUT2D eigenvalue weighted by Gasteiger charge is -2.19. The van der Waals surface area contributed by atoms with Crippen LogP contribution in [0.4, 0.5) is 11.4 Å². The first-order valence-electron chi connectivity index (χ1n) is 11.1. The second-order valence-electron chi connectivity index (χ2n) is 7.72. The van der Waals surface area contributed by atoms with Crippen LogP contribution in [0.1, 0.15) is 24.2 Å². The maximum absolute atomic E-state index is 12.9. The number of hydrogen-bond donors (Lipinski definition) is 1. The van der Waals surface area contributed by atoms with Crippen LogP contribution in [-0.2, 0) is 20.0 Å². The van der Waals surface area contributed by atoms with Crippen LogP contribution in [0.5, 0.6) is 0 Å². The zero-order chi connectivity index (χ0) is 25.6. The molecule has 10 heteroatoms. The summed E-state index contributed by atoms with van der Waals surface area (Å²) in [6, 6.07) is 20.8. The van der Waals surface area contributed by atoms with Gasteiger partial charge in [0.25, 0.3) is 10.0 Å². The summed E-state index contributed by atoms with van der Waals surface area (Å²) in [5.41, 5.74) is 1.51. The van der Waals surface area contributed by atoms with Crippen molar-refractivity contribution in [2.45, 2.75) is 23.6 Å². The third kappa shape index (κ3) is 5.90. The molecule has 1 N–H and O–H groups in total. The van der Waals surface area contributed by atoms with Crippen molar-refractivity contribution in [3.05, 3.63) is 84.4 Å². The largest absolute Gasteiger partial charge is 0.378 e. The number of carbonyl (C=O) groups excluding carboxylic acids is 1. The molecule has 0 bridgehead atoms. The minimum absolute atomic E-state index is 0.0296. The van der Waals surface area contributed by atoms with Gasteiger partial charge in [0.2, 0.25) is 10.0 Å². The lowest BCUT2D eigenvalue weighted by molar-refractivity contribution is 0.101. The lowest BCUT2D eigenvalue weighted by atomic mass is 10.1. The molecule has 0 spiro atoms. The molecule has 0 aliphatic carbocycles. The summed E-state index contributed by atoms with van der Waals surface area (Å²) in [5, 5.41) is 2.98. The topological polar surface area (TPSA) is 104 Å². The van der Waals surface area contributed by atoms with Crippen molar-refractivity contribution in [3.8, 4) is 0 Å². The van der Waals surface area contributed by atoms with E-state index >= 15 is 0 Å². The monoisotopic (exact) mass is 515 g/mol. The van der Waals surface area contributed by atoms with E-state index in [1.807, 2.05) is 6.07 Å². The van der Waals surface area contributed by atoms with E-state index < -0.39 is 20.0 Å². The van der Waals surface area contributed by atoms with Gasteiger partial charge in [0.15, 0.2) is 5.78 Å². The fourth-order valence-electron chi connectivity index (χ4n) is 3.49. The fourth-order valence-corrected chi connectivity index (χ4v) is 6.14. The summed E-state index contributed by atoms with van der Waals surface area (Å²) in [6.07, 6.45) is 0. The Bertz CT molecular complexity index is 1350. The Morgan fingerprint density at radius 3 is 1.80 bits per heavy atom. The van der Waals surface area contributed by atoms with Gasteiger partial charge in [0.05, 0.1) is 22.0 Å². The summed E-state index contributed by atoms with van der Waals surface area (Å²) >= 11 is 0. The maximum Gasteiger partial charge on any atom is 0.264 e. The van der Waals surface area contributed by atoms with Crippen molar-refractivity contribution in [1.29, 1.82) is 0 Å². The van der Waals surface area contributed by atoms with E-state index in [1.54, 1.807) is 50.2 Å². The molecule has 0 radical (unpaired) electrons. The van der Waals surface area contributed by atoms with E-state index in [-0.39, 0.29) is 22.1 Å². The molecule has 0 heterocycles. The highest BCUT2D eigenvalue weighted by molar-refractivity contribution is 7.92. The van der Waals surface area contributed by atoms with Gasteiger partial charge in [0, 0.05) is 31.4 Å². The van der Waals surface area contributed by atoms with E-state index in [9.17, 15) is 21.6 Å². The first-order chi connectivity index (χ1) is 16.6. The number of para-hydroxylation sites is 1. The van der Waals surface area contributed by atoms with Crippen LogP contribution in [0.25, 0.3) is 0 Å². The van der Waals surface area contributed by atoms with E-state index in [4.69, 9.17) is 0 Å². The summed E-state index contributed by atoms with van der Waals surface area (Å²) in [6.45, 7) is 4.25. The van der Waals surface area contributed by atoms with Gasteiger partial charge >= 0.3 is 0 Å². The molecule has 0 unspecified atom stereocenters. The van der Waals surface area contributed by atoms with Crippen LogP contribution in [0.3, 0.4) is 0 Å². The standard InChI is InChI=1S/C25H29N3O5S2/c1-4-28(5-2)35(32,33)24-15-11-20(12-16-24)25(29)19-26-21-13-17-23(18-14-21)34(30,31)27(3)22-9-7-6-8-10-22/h6-18,26H,4-5,19H2,1-3H3. The molecule has 0 aliphatic rings. The number of anilines is 2. The summed E-state index contributed by atoms with van der Waals surface area (Å²) in [5.74, 6) is -0.225. The third-order valence-corrected chi connectivity index (χ3v) is 9.47. The number of nitrogens with one attached hydrogen (secondary N) is 1. The first kappa shape index (κ1) is 26.4. The summed E-state index contributed by atoms with van der Waals surface area (Å²) in [4.78, 5) is 12.8. The van der Waals surface area contributed by atoms with Gasteiger partial charge < -0.3 is 5.32 Å². The van der Waals surface area contributed by atoms with Crippen molar-refractivity contribution >= 4 is 37.2 Å². The van der Waals surface area contributed by atoms with Crippen molar-refractivity contribution in [3.63, 3.8) is 0 Å². The number of carbonyl (C=O) groups is 1. The highest BCUT2D eigenvalue weighted by atomic mass is 32.2. The number of nitrogens with zero attached hydrogens (tertiary/aromatic N) is 2. The second-order valence-corrected chi connectivity index (χ2v) is 11.6. The Kier molecular flexibility index (Phi) is 8.31. The first-order valence-corrected chi connectivity index (χ1v) is 14.0. The summed E-state index contributed by atoms with van der Waals surface area (Å²) in [7, 11) is -5.81. The molecular formula is C25H29N3O5S2. The quantitative estimate of drug-likeness (QED) is 0.389. The van der Waals surface area contributed by atoms with Gasteiger partial charge in [-0.05, 0) is 60.7 Å². The Labute approximate surface area is 207 Å². The van der Waals surface area contributed by atoms with E-state index in [0.29, 0.717) is 30.0 Å². The smallest absolute Gasteiger partial charge is 0.264 e. The van der Waals surface area contributed by atoms with E-state index in [1.165, 1.54) is 52.1 Å². The molecule has 0 fully saturated rings. The minimum atomic E-state index is -3.72. The predicted octanol–water partition coefficient (Wildman–Crippen LogP) is 3.84. The van der Waals surface area contributed by atoms with Gasteiger partial charge in [-0.25, -0.2) is 16.8 Å². The van der Waals surface area contributed by atoms with Crippen LogP contribution in [-0.4, -0.2) is 53.6 Å². The average molecular weight is 516 g/mol. The molecule has 0 aromatic heterocycles. The van der Waals surface area contributed by atoms with Gasteiger partial charge in [-0.3, -0.25) is 9.10 Å². The van der Waals surface area contributed by atoms with Gasteiger partial charge in [0.1, 0.15) is 0 Å². The molecule has 0 aliphatic heterocycles. The number of benzene rings is 3. The number of hydrogen-bond acceptors (Lipinski definition) is 6. The number of sulfonamides is 2. The molecule has 0 saturated carbocycles. The Balaban J connectivity index is 1.65. The maximum atomic E-state index is 12.9. The molecular weight excluding hydrogens is 486 g/mol. The zero-order valence-corrected chi connectivity index (χ0v) is 21.5. The second kappa shape index (κ2) is 11.0. The molecule has 3 rings (SSSR count). The molecule has 186 valence electrons. The van der Waals surface area contributed by atoms with Crippen LogP contribution in [0, 0.1) is 0 Å². The van der Waals surface area contributed by atoms with Crippen molar-refractivity contribution < 1.29 is 21.6 Å². The molecule has 0 saturated heterocycles. The van der Waals surface area contributed by atoms with E-state index in [0.717, 1.165) is 0 Å². The van der Waals surface area contributed by atoms with E-state index in [2.05, 4.69) is 5.32 Å². The molecule has 3 aromatic carbocycles. The van der Waals surface area contributed by atoms with Crippen molar-refractivity contribution in [2.24, 2.45) is 0 Å². The average Bonchev–Trinajstić information content (AvgIpc) is 2.88. The van der Waals surface area contributed by atoms with Crippen LogP contribution in [0.15, 0.2) is 88.7 Å². The predicted molar refractivity (Wildman–Crippen MR) is 138 cm³/mol. The highest BCUT2D eigenvalue weighted by Gasteiger charge is 2.22. The Morgan fingerprint density at radius 2 is 1.26 bits per heavy atom. The molecule has 0 atom stereocenters. The Hall–Kier alpha value is -3.21. The number of Topliss-reactive ketones (excluding diaryl/α,β-unsaturated/α-hetero) is 1. The molecule has 35 heavy (non-hydrogen) atoms. The lowest BCUT2D eigenvalue weighted by Crippen LogP contribution is -2.30.